The second-order valence-electron chi connectivity index (χ2n) is 2.56. The van der Waals surface area contributed by atoms with E-state index in [0.29, 0.717) is 0 Å². The van der Waals surface area contributed by atoms with Crippen molar-refractivity contribution in [3.05, 3.63) is 33.6 Å². The summed E-state index contributed by atoms with van der Waals surface area (Å²) < 4.78 is 2.53. The molecule has 0 atom stereocenters. The molecule has 0 spiro atoms. The molecule has 2 aromatic rings. The van der Waals surface area contributed by atoms with Crippen LogP contribution in [0.4, 0.5) is 0 Å². The van der Waals surface area contributed by atoms with Crippen LogP contribution in [0.1, 0.15) is 19.4 Å². The Morgan fingerprint density at radius 1 is 1.23 bits per heavy atom. The maximum absolute atomic E-state index is 3.46. The zero-order valence-electron chi connectivity index (χ0n) is 8.10. The summed E-state index contributed by atoms with van der Waals surface area (Å²) in [6.45, 7) is 6.14. The van der Waals surface area contributed by atoms with Gasteiger partial charge in [-0.1, -0.05) is 29.8 Å². The van der Waals surface area contributed by atoms with Crippen LogP contribution in [0, 0.1) is 6.92 Å². The summed E-state index contributed by atoms with van der Waals surface area (Å²) in [6.07, 6.45) is 0. The highest BCUT2D eigenvalue weighted by atomic mass is 79.9. The molecule has 0 aliphatic rings. The summed E-state index contributed by atoms with van der Waals surface area (Å²) in [4.78, 5) is 0. The van der Waals surface area contributed by atoms with E-state index in [2.05, 4.69) is 46.4 Å². The van der Waals surface area contributed by atoms with Gasteiger partial charge in [-0.25, -0.2) is 0 Å². The second kappa shape index (κ2) is 4.77. The third-order valence-electron chi connectivity index (χ3n) is 1.73. The van der Waals surface area contributed by atoms with Crippen molar-refractivity contribution in [1.29, 1.82) is 0 Å². The van der Waals surface area contributed by atoms with Crippen molar-refractivity contribution in [2.45, 2.75) is 20.8 Å². The molecule has 1 aromatic heterocycles. The fourth-order valence-corrected chi connectivity index (χ4v) is 2.41. The van der Waals surface area contributed by atoms with E-state index in [-0.39, 0.29) is 0 Å². The van der Waals surface area contributed by atoms with E-state index in [1.807, 2.05) is 13.8 Å². The van der Waals surface area contributed by atoms with E-state index in [4.69, 9.17) is 0 Å². The highest BCUT2D eigenvalue weighted by molar-refractivity contribution is 9.10. The smallest absolute Gasteiger partial charge is 0.0346 e. The standard InChI is InChI=1S/C9H7BrS.C2H6/c1-6-5-11-9-3-2-7(10)4-8(6)9;1-2/h2-5H,1H3;1-2H3. The van der Waals surface area contributed by atoms with Crippen molar-refractivity contribution >= 4 is 37.4 Å². The first-order valence-corrected chi connectivity index (χ1v) is 6.08. The molecule has 0 aliphatic heterocycles. The van der Waals surface area contributed by atoms with Gasteiger partial charge in [-0.05, 0) is 41.5 Å². The molecule has 2 heteroatoms. The minimum atomic E-state index is 1.16. The van der Waals surface area contributed by atoms with E-state index in [9.17, 15) is 0 Å². The SMILES string of the molecule is CC.Cc1csc2ccc(Br)cc12. The molecule has 0 saturated carbocycles. The molecule has 1 heterocycles. The summed E-state index contributed by atoms with van der Waals surface area (Å²) in [7, 11) is 0. The lowest BCUT2D eigenvalue weighted by Gasteiger charge is -1.91. The summed E-state index contributed by atoms with van der Waals surface area (Å²) in [6, 6.07) is 6.40. The van der Waals surface area contributed by atoms with E-state index in [1.165, 1.54) is 15.6 Å². The molecular formula is C11H13BrS. The van der Waals surface area contributed by atoms with E-state index < -0.39 is 0 Å². The van der Waals surface area contributed by atoms with Gasteiger partial charge in [-0.3, -0.25) is 0 Å². The fourth-order valence-electron chi connectivity index (χ4n) is 1.13. The van der Waals surface area contributed by atoms with Gasteiger partial charge in [0.25, 0.3) is 0 Å². The predicted octanol–water partition coefficient (Wildman–Crippen LogP) is 5.00. The lowest BCUT2D eigenvalue weighted by Crippen LogP contribution is -1.67. The van der Waals surface area contributed by atoms with Crippen LogP contribution >= 0.6 is 27.3 Å². The predicted molar refractivity (Wildman–Crippen MR) is 65.6 cm³/mol. The molecule has 0 bridgehead atoms. The molecule has 0 radical (unpaired) electrons. The molecule has 0 fully saturated rings. The Balaban J connectivity index is 0.000000396. The maximum atomic E-state index is 3.46. The summed E-state index contributed by atoms with van der Waals surface area (Å²) in [5.41, 5.74) is 1.37. The van der Waals surface area contributed by atoms with E-state index in [0.717, 1.165) is 4.47 Å². The maximum Gasteiger partial charge on any atom is 0.0346 e. The Labute approximate surface area is 91.7 Å². The molecule has 0 N–H and O–H groups in total. The van der Waals surface area contributed by atoms with Gasteiger partial charge in [-0.15, -0.1) is 11.3 Å². The molecule has 0 aliphatic carbocycles. The average Bonchev–Trinajstić information content (AvgIpc) is 2.52. The molecular weight excluding hydrogens is 244 g/mol. The van der Waals surface area contributed by atoms with Gasteiger partial charge in [0.05, 0.1) is 0 Å². The van der Waals surface area contributed by atoms with Gasteiger partial charge in [0.1, 0.15) is 0 Å². The van der Waals surface area contributed by atoms with Crippen molar-refractivity contribution in [2.24, 2.45) is 0 Å². The lowest BCUT2D eigenvalue weighted by atomic mass is 10.2. The molecule has 0 saturated heterocycles. The number of aryl methyl sites for hydroxylation is 1. The minimum Gasteiger partial charge on any atom is -0.144 e. The molecule has 0 amide bonds. The number of halogens is 1. The van der Waals surface area contributed by atoms with Crippen LogP contribution in [0.3, 0.4) is 0 Å². The minimum absolute atomic E-state index is 1.16. The van der Waals surface area contributed by atoms with Crippen LogP contribution in [0.25, 0.3) is 10.1 Å². The van der Waals surface area contributed by atoms with Crippen molar-refractivity contribution in [2.75, 3.05) is 0 Å². The van der Waals surface area contributed by atoms with Gasteiger partial charge in [-0.2, -0.15) is 0 Å². The van der Waals surface area contributed by atoms with Crippen molar-refractivity contribution < 1.29 is 0 Å². The van der Waals surface area contributed by atoms with Crippen LogP contribution in [-0.4, -0.2) is 0 Å². The summed E-state index contributed by atoms with van der Waals surface area (Å²) >= 11 is 5.26. The number of rotatable bonds is 0. The topological polar surface area (TPSA) is 0 Å². The normalized spacial score (nSPS) is 9.54. The van der Waals surface area contributed by atoms with E-state index >= 15 is 0 Å². The molecule has 13 heavy (non-hydrogen) atoms. The first-order chi connectivity index (χ1) is 6.27. The Bertz CT molecular complexity index is 390. The lowest BCUT2D eigenvalue weighted by molar-refractivity contribution is 1.50. The highest BCUT2D eigenvalue weighted by Crippen LogP contribution is 2.27. The van der Waals surface area contributed by atoms with Gasteiger partial charge in [0, 0.05) is 9.17 Å². The van der Waals surface area contributed by atoms with Crippen LogP contribution in [0.5, 0.6) is 0 Å². The summed E-state index contributed by atoms with van der Waals surface area (Å²) in [5, 5.41) is 3.56. The number of hydrogen-bond acceptors (Lipinski definition) is 1. The summed E-state index contributed by atoms with van der Waals surface area (Å²) in [5.74, 6) is 0. The largest absolute Gasteiger partial charge is 0.144 e. The van der Waals surface area contributed by atoms with Crippen molar-refractivity contribution in [3.63, 3.8) is 0 Å². The first kappa shape index (κ1) is 10.7. The number of thiophene rings is 1. The van der Waals surface area contributed by atoms with Gasteiger partial charge < -0.3 is 0 Å². The molecule has 70 valence electrons. The Kier molecular flexibility index (Phi) is 3.94. The van der Waals surface area contributed by atoms with Crippen LogP contribution in [-0.2, 0) is 0 Å². The van der Waals surface area contributed by atoms with Gasteiger partial charge in [0.15, 0.2) is 0 Å². The number of benzene rings is 1. The molecule has 2 rings (SSSR count). The van der Waals surface area contributed by atoms with Crippen LogP contribution in [0.15, 0.2) is 28.1 Å². The molecule has 0 unspecified atom stereocenters. The molecule has 0 nitrogen and oxygen atoms in total. The van der Waals surface area contributed by atoms with Gasteiger partial charge >= 0.3 is 0 Å². The third kappa shape index (κ3) is 2.32. The second-order valence-corrected chi connectivity index (χ2v) is 4.39. The zero-order valence-corrected chi connectivity index (χ0v) is 10.5. The molecule has 1 aromatic carbocycles. The zero-order chi connectivity index (χ0) is 9.84. The number of hydrogen-bond donors (Lipinski definition) is 0. The van der Waals surface area contributed by atoms with Crippen molar-refractivity contribution in [3.8, 4) is 0 Å². The Hall–Kier alpha value is -0.340. The van der Waals surface area contributed by atoms with Gasteiger partial charge in [0.2, 0.25) is 0 Å². The quantitative estimate of drug-likeness (QED) is 0.623. The van der Waals surface area contributed by atoms with Crippen molar-refractivity contribution in [1.82, 2.24) is 0 Å². The fraction of sp³-hybridized carbons (Fsp3) is 0.273. The van der Waals surface area contributed by atoms with E-state index in [1.54, 1.807) is 11.3 Å². The Morgan fingerprint density at radius 2 is 1.92 bits per heavy atom. The highest BCUT2D eigenvalue weighted by Gasteiger charge is 1.98. The number of fused-ring (bicyclic) bond motifs is 1. The first-order valence-electron chi connectivity index (χ1n) is 4.41. The van der Waals surface area contributed by atoms with Crippen LogP contribution < -0.4 is 0 Å². The average molecular weight is 257 g/mol. The third-order valence-corrected chi connectivity index (χ3v) is 3.30. The Morgan fingerprint density at radius 3 is 2.62 bits per heavy atom. The monoisotopic (exact) mass is 256 g/mol. The van der Waals surface area contributed by atoms with Crippen LogP contribution in [0.2, 0.25) is 0 Å².